The summed E-state index contributed by atoms with van der Waals surface area (Å²) in [6, 6.07) is 11.0. The summed E-state index contributed by atoms with van der Waals surface area (Å²) in [5.41, 5.74) is 2.47. The molecule has 9 heteroatoms. The number of hydrogen-bond donors (Lipinski definition) is 1. The lowest BCUT2D eigenvalue weighted by Gasteiger charge is -2.13. The van der Waals surface area contributed by atoms with Crippen molar-refractivity contribution in [3.63, 3.8) is 0 Å². The van der Waals surface area contributed by atoms with Crippen molar-refractivity contribution in [3.8, 4) is 11.5 Å². The van der Waals surface area contributed by atoms with Crippen LogP contribution in [0.4, 0.5) is 10.5 Å². The highest BCUT2D eigenvalue weighted by Crippen LogP contribution is 2.37. The number of hydrogen-bond acceptors (Lipinski definition) is 6. The summed E-state index contributed by atoms with van der Waals surface area (Å²) in [7, 11) is 1.56. The van der Waals surface area contributed by atoms with Gasteiger partial charge in [0.2, 0.25) is 5.91 Å². The van der Waals surface area contributed by atoms with Crippen LogP contribution < -0.4 is 14.8 Å². The molecule has 1 aliphatic rings. The van der Waals surface area contributed by atoms with Crippen molar-refractivity contribution in [1.29, 1.82) is 0 Å². The Hall–Kier alpha value is -2.53. The Kier molecular flexibility index (Phi) is 8.19. The molecule has 1 N–H and O–H groups in total. The highest BCUT2D eigenvalue weighted by atomic mass is 127. The van der Waals surface area contributed by atoms with Crippen LogP contribution in [0.5, 0.6) is 11.5 Å². The number of aryl methyl sites for hydroxylation is 1. The minimum atomic E-state index is -0.500. The Bertz CT molecular complexity index is 1070. The predicted molar refractivity (Wildman–Crippen MR) is 134 cm³/mol. The molecule has 1 aliphatic heterocycles. The number of amides is 3. The molecule has 0 aromatic heterocycles. The van der Waals surface area contributed by atoms with Crippen LogP contribution in [-0.2, 0) is 16.0 Å². The third kappa shape index (κ3) is 5.63. The zero-order chi connectivity index (χ0) is 23.3. The minimum absolute atomic E-state index is 0.249. The molecular formula is C23H23IN2O5S. The highest BCUT2D eigenvalue weighted by Gasteiger charge is 2.36. The molecule has 32 heavy (non-hydrogen) atoms. The predicted octanol–water partition coefficient (Wildman–Crippen LogP) is 4.94. The van der Waals surface area contributed by atoms with Gasteiger partial charge in [0.1, 0.15) is 6.54 Å². The van der Waals surface area contributed by atoms with E-state index >= 15 is 0 Å². The maximum absolute atomic E-state index is 12.8. The number of halogens is 1. The van der Waals surface area contributed by atoms with Crippen LogP contribution in [0.1, 0.15) is 25.0 Å². The first-order chi connectivity index (χ1) is 15.4. The Balaban J connectivity index is 1.73. The van der Waals surface area contributed by atoms with E-state index < -0.39 is 17.1 Å². The van der Waals surface area contributed by atoms with Gasteiger partial charge in [-0.05, 0) is 89.2 Å². The molecule has 0 bridgehead atoms. The Morgan fingerprint density at radius 3 is 2.53 bits per heavy atom. The molecule has 0 unspecified atom stereocenters. The van der Waals surface area contributed by atoms with Crippen molar-refractivity contribution in [2.24, 2.45) is 0 Å². The number of thioether (sulfide) groups is 1. The van der Waals surface area contributed by atoms with E-state index in [2.05, 4.69) is 27.9 Å². The van der Waals surface area contributed by atoms with Gasteiger partial charge in [0.15, 0.2) is 11.5 Å². The lowest BCUT2D eigenvalue weighted by Crippen LogP contribution is -2.36. The van der Waals surface area contributed by atoms with Crippen LogP contribution in [0.25, 0.3) is 6.08 Å². The molecule has 168 valence electrons. The van der Waals surface area contributed by atoms with Gasteiger partial charge in [-0.25, -0.2) is 0 Å². The minimum Gasteiger partial charge on any atom is -0.492 e. The lowest BCUT2D eigenvalue weighted by molar-refractivity contribution is -0.127. The van der Waals surface area contributed by atoms with Gasteiger partial charge < -0.3 is 14.8 Å². The first kappa shape index (κ1) is 24.1. The summed E-state index contributed by atoms with van der Waals surface area (Å²) in [6.45, 7) is 4.03. The molecule has 0 saturated carbocycles. The summed E-state index contributed by atoms with van der Waals surface area (Å²) in [5.74, 6) is 0.234. The fraction of sp³-hybridized carbons (Fsp3) is 0.261. The second-order valence-electron chi connectivity index (χ2n) is 6.83. The number of ether oxygens (including phenoxy) is 2. The Morgan fingerprint density at radius 2 is 1.91 bits per heavy atom. The van der Waals surface area contributed by atoms with Gasteiger partial charge in [0.05, 0.1) is 22.2 Å². The van der Waals surface area contributed by atoms with Crippen LogP contribution in [0.2, 0.25) is 0 Å². The van der Waals surface area contributed by atoms with Crippen LogP contribution in [-0.4, -0.2) is 42.2 Å². The molecule has 2 aromatic carbocycles. The summed E-state index contributed by atoms with van der Waals surface area (Å²) in [6.07, 6.45) is 2.52. The maximum atomic E-state index is 12.8. The number of carbonyl (C=O) groups is 3. The van der Waals surface area contributed by atoms with E-state index in [1.807, 2.05) is 32.0 Å². The number of benzene rings is 2. The maximum Gasteiger partial charge on any atom is 0.294 e. The molecule has 0 radical (unpaired) electrons. The van der Waals surface area contributed by atoms with E-state index in [0.29, 0.717) is 29.4 Å². The van der Waals surface area contributed by atoms with Crippen LogP contribution in [0.15, 0.2) is 41.3 Å². The van der Waals surface area contributed by atoms with Gasteiger partial charge in [-0.1, -0.05) is 19.1 Å². The van der Waals surface area contributed by atoms with Gasteiger partial charge >= 0.3 is 0 Å². The molecule has 3 amide bonds. The number of methoxy groups -OCH3 is 1. The normalized spacial score (nSPS) is 14.8. The van der Waals surface area contributed by atoms with E-state index in [-0.39, 0.29) is 11.4 Å². The number of imide groups is 1. The standard InChI is InChI=1S/C23H23IN2O5S/c1-4-14-6-8-16(9-7-14)25-20(27)13-26-22(28)19(32-23(26)29)12-15-10-17(24)21(30-3)18(11-15)31-5-2/h6-12H,4-5,13H2,1-3H3,(H,25,27)/b19-12+. The van der Waals surface area contributed by atoms with Gasteiger partial charge in [0.25, 0.3) is 11.1 Å². The largest absolute Gasteiger partial charge is 0.492 e. The van der Waals surface area contributed by atoms with Crippen molar-refractivity contribution >= 4 is 63.2 Å². The third-order valence-corrected chi connectivity index (χ3v) is 6.36. The second kappa shape index (κ2) is 10.9. The molecular weight excluding hydrogens is 543 g/mol. The summed E-state index contributed by atoms with van der Waals surface area (Å²) < 4.78 is 11.8. The second-order valence-corrected chi connectivity index (χ2v) is 8.99. The first-order valence-corrected chi connectivity index (χ1v) is 11.9. The van der Waals surface area contributed by atoms with Crippen molar-refractivity contribution in [2.75, 3.05) is 25.6 Å². The van der Waals surface area contributed by atoms with E-state index in [9.17, 15) is 14.4 Å². The van der Waals surface area contributed by atoms with Crippen molar-refractivity contribution in [1.82, 2.24) is 4.90 Å². The number of nitrogens with one attached hydrogen (secondary N) is 1. The molecule has 1 fully saturated rings. The van der Waals surface area contributed by atoms with Gasteiger partial charge in [0, 0.05) is 5.69 Å². The summed E-state index contributed by atoms with van der Waals surface area (Å²) >= 11 is 2.93. The fourth-order valence-electron chi connectivity index (χ4n) is 3.09. The SMILES string of the molecule is CCOc1cc(/C=C2/SC(=O)N(CC(=O)Nc3ccc(CC)cc3)C2=O)cc(I)c1OC. The number of carbonyl (C=O) groups excluding carboxylic acids is 3. The van der Waals surface area contributed by atoms with Crippen LogP contribution in [0, 0.1) is 3.57 Å². The Morgan fingerprint density at radius 1 is 1.19 bits per heavy atom. The highest BCUT2D eigenvalue weighted by molar-refractivity contribution is 14.1. The van der Waals surface area contributed by atoms with Crippen molar-refractivity contribution in [2.45, 2.75) is 20.3 Å². The average molecular weight is 566 g/mol. The van der Waals surface area contributed by atoms with Gasteiger partial charge in [-0.15, -0.1) is 0 Å². The molecule has 1 saturated heterocycles. The number of anilines is 1. The summed E-state index contributed by atoms with van der Waals surface area (Å²) in [4.78, 5) is 38.8. The zero-order valence-corrected chi connectivity index (χ0v) is 20.9. The van der Waals surface area contributed by atoms with E-state index in [1.165, 1.54) is 0 Å². The molecule has 0 atom stereocenters. The molecule has 0 aliphatic carbocycles. The monoisotopic (exact) mass is 566 g/mol. The fourth-order valence-corrected chi connectivity index (χ4v) is 4.77. The third-order valence-electron chi connectivity index (χ3n) is 4.65. The topological polar surface area (TPSA) is 84.9 Å². The van der Waals surface area contributed by atoms with E-state index in [0.717, 1.165) is 32.2 Å². The number of rotatable bonds is 8. The van der Waals surface area contributed by atoms with Crippen LogP contribution in [0.3, 0.4) is 0 Å². The van der Waals surface area contributed by atoms with Gasteiger partial charge in [-0.2, -0.15) is 0 Å². The average Bonchev–Trinajstić information content (AvgIpc) is 3.01. The lowest BCUT2D eigenvalue weighted by atomic mass is 10.1. The van der Waals surface area contributed by atoms with E-state index in [4.69, 9.17) is 9.47 Å². The van der Waals surface area contributed by atoms with Gasteiger partial charge in [-0.3, -0.25) is 19.3 Å². The van der Waals surface area contributed by atoms with E-state index in [1.54, 1.807) is 31.4 Å². The smallest absolute Gasteiger partial charge is 0.294 e. The molecule has 0 spiro atoms. The quantitative estimate of drug-likeness (QED) is 0.360. The molecule has 1 heterocycles. The Labute approximate surface area is 204 Å². The first-order valence-electron chi connectivity index (χ1n) is 10.0. The summed E-state index contributed by atoms with van der Waals surface area (Å²) in [5, 5.41) is 2.24. The molecule has 2 aromatic rings. The molecule has 7 nitrogen and oxygen atoms in total. The number of nitrogens with zero attached hydrogens (tertiary/aromatic N) is 1. The zero-order valence-electron chi connectivity index (χ0n) is 17.9. The van der Waals surface area contributed by atoms with Crippen LogP contribution >= 0.6 is 34.4 Å². The van der Waals surface area contributed by atoms with Crippen molar-refractivity contribution in [3.05, 3.63) is 56.0 Å². The van der Waals surface area contributed by atoms with Crippen molar-refractivity contribution < 1.29 is 23.9 Å². The molecule has 3 rings (SSSR count).